The quantitative estimate of drug-likeness (QED) is 0.816. The van der Waals surface area contributed by atoms with Crippen LogP contribution in [0.2, 0.25) is 0 Å². The first-order chi connectivity index (χ1) is 11.8. The Labute approximate surface area is 146 Å². The lowest BCUT2D eigenvalue weighted by Gasteiger charge is -2.29. The Balaban J connectivity index is 1.42. The molecule has 1 aliphatic carbocycles. The molecule has 130 valence electrons. The summed E-state index contributed by atoms with van der Waals surface area (Å²) in [7, 11) is 0. The fourth-order valence-corrected chi connectivity index (χ4v) is 4.99. The molecule has 3 nitrogen and oxygen atoms in total. The smallest absolute Gasteiger partial charge is 0.197 e. The third-order valence-corrected chi connectivity index (χ3v) is 6.23. The highest BCUT2D eigenvalue weighted by molar-refractivity contribution is 5.84. The molecule has 0 aromatic heterocycles. The van der Waals surface area contributed by atoms with Crippen LogP contribution in [0.4, 0.5) is 0 Å². The molecule has 1 aromatic carbocycles. The number of fused-ring (bicyclic) bond motifs is 1. The van der Waals surface area contributed by atoms with E-state index in [0.29, 0.717) is 12.1 Å². The molecular weight excluding hydrogens is 294 g/mol. The number of benzene rings is 1. The molecule has 2 fully saturated rings. The van der Waals surface area contributed by atoms with Crippen molar-refractivity contribution in [2.75, 3.05) is 19.6 Å². The number of rotatable bonds is 5. The van der Waals surface area contributed by atoms with Crippen LogP contribution >= 0.6 is 0 Å². The van der Waals surface area contributed by atoms with Gasteiger partial charge >= 0.3 is 0 Å². The number of hydrogen-bond acceptors (Lipinski definition) is 3. The number of nitrogens with zero attached hydrogens (tertiary/aromatic N) is 3. The molecule has 0 bridgehead atoms. The van der Waals surface area contributed by atoms with Crippen LogP contribution in [0.3, 0.4) is 0 Å². The van der Waals surface area contributed by atoms with Gasteiger partial charge in [-0.1, -0.05) is 62.4 Å². The third-order valence-electron chi connectivity index (χ3n) is 6.23. The summed E-state index contributed by atoms with van der Waals surface area (Å²) in [4.78, 5) is 10.2. The van der Waals surface area contributed by atoms with Crippen molar-refractivity contribution in [3.05, 3.63) is 35.9 Å². The molecule has 1 saturated heterocycles. The predicted octanol–water partition coefficient (Wildman–Crippen LogP) is 3.94. The van der Waals surface area contributed by atoms with E-state index in [1.165, 1.54) is 56.6 Å². The largest absolute Gasteiger partial charge is 0.338 e. The molecule has 0 amide bonds. The Hall–Kier alpha value is -1.51. The zero-order valence-corrected chi connectivity index (χ0v) is 15.0. The average molecular weight is 325 g/mol. The molecule has 3 aliphatic rings. The molecule has 0 spiro atoms. The first-order valence-electron chi connectivity index (χ1n) is 9.96. The molecule has 4 rings (SSSR count). The second-order valence-corrected chi connectivity index (χ2v) is 7.82. The highest BCUT2D eigenvalue weighted by Crippen LogP contribution is 2.33. The summed E-state index contributed by atoms with van der Waals surface area (Å²) in [5.41, 5.74) is 1.45. The number of likely N-dealkylation sites (N-methyl/N-ethyl adjacent to an activating group) is 1. The molecule has 2 aliphatic heterocycles. The van der Waals surface area contributed by atoms with E-state index >= 15 is 0 Å². The van der Waals surface area contributed by atoms with Crippen molar-refractivity contribution < 1.29 is 0 Å². The van der Waals surface area contributed by atoms with Crippen molar-refractivity contribution in [3.8, 4) is 0 Å². The predicted molar refractivity (Wildman–Crippen MR) is 100 cm³/mol. The normalized spacial score (nSPS) is 27.5. The second kappa shape index (κ2) is 7.16. The summed E-state index contributed by atoms with van der Waals surface area (Å²) in [6, 6.07) is 12.2. The van der Waals surface area contributed by atoms with Crippen LogP contribution in [0, 0.1) is 5.92 Å². The molecule has 0 radical (unpaired) electrons. The monoisotopic (exact) mass is 325 g/mol. The van der Waals surface area contributed by atoms with Gasteiger partial charge in [0.15, 0.2) is 5.96 Å². The molecule has 2 heterocycles. The first-order valence-corrected chi connectivity index (χ1v) is 9.96. The molecular formula is C21H31N3. The minimum atomic E-state index is 0.588. The molecule has 24 heavy (non-hydrogen) atoms. The Morgan fingerprint density at radius 2 is 1.83 bits per heavy atom. The summed E-state index contributed by atoms with van der Waals surface area (Å²) >= 11 is 0. The van der Waals surface area contributed by atoms with E-state index in [2.05, 4.69) is 47.1 Å². The maximum Gasteiger partial charge on any atom is 0.197 e. The van der Waals surface area contributed by atoms with Crippen LogP contribution in [-0.2, 0) is 6.42 Å². The summed E-state index contributed by atoms with van der Waals surface area (Å²) in [6.07, 6.45) is 9.75. The van der Waals surface area contributed by atoms with E-state index in [4.69, 9.17) is 4.99 Å². The van der Waals surface area contributed by atoms with Gasteiger partial charge in [0.25, 0.3) is 0 Å². The minimum Gasteiger partial charge on any atom is -0.338 e. The van der Waals surface area contributed by atoms with Gasteiger partial charge in [0, 0.05) is 13.1 Å². The lowest BCUT2D eigenvalue weighted by atomic mass is 9.84. The van der Waals surface area contributed by atoms with Crippen molar-refractivity contribution in [2.24, 2.45) is 10.9 Å². The van der Waals surface area contributed by atoms with Gasteiger partial charge < -0.3 is 9.80 Å². The SMILES string of the molecule is CCN1C2=NC[C@@H](CC3CCCCC3)N2C[C@@H]1Cc1ccccc1. The summed E-state index contributed by atoms with van der Waals surface area (Å²) in [6.45, 7) is 5.54. The number of guanidine groups is 1. The molecule has 0 unspecified atom stereocenters. The van der Waals surface area contributed by atoms with E-state index in [1.54, 1.807) is 0 Å². The Bertz CT molecular complexity index is 562. The average Bonchev–Trinajstić information content (AvgIpc) is 3.16. The Kier molecular flexibility index (Phi) is 4.77. The highest BCUT2D eigenvalue weighted by atomic mass is 15.5. The third kappa shape index (κ3) is 3.18. The standard InChI is InChI=1S/C21H31N3/c1-2-23-20(14-18-11-7-4-8-12-18)16-24-19(15-22-21(23)24)13-17-9-5-3-6-10-17/h4,7-8,11-12,17,19-20H,2-3,5-6,9-10,13-16H2,1H3/t19-,20+/m1/s1. The van der Waals surface area contributed by atoms with Crippen molar-refractivity contribution in [3.63, 3.8) is 0 Å². The van der Waals surface area contributed by atoms with Crippen LogP contribution in [0.25, 0.3) is 0 Å². The Morgan fingerprint density at radius 3 is 2.58 bits per heavy atom. The van der Waals surface area contributed by atoms with E-state index in [-0.39, 0.29) is 0 Å². The lowest BCUT2D eigenvalue weighted by Crippen LogP contribution is -2.37. The maximum atomic E-state index is 4.96. The summed E-state index contributed by atoms with van der Waals surface area (Å²) in [5, 5.41) is 0. The van der Waals surface area contributed by atoms with Crippen LogP contribution in [0.5, 0.6) is 0 Å². The molecule has 0 N–H and O–H groups in total. The first kappa shape index (κ1) is 16.0. The zero-order chi connectivity index (χ0) is 16.4. The van der Waals surface area contributed by atoms with Crippen LogP contribution in [0.15, 0.2) is 35.3 Å². The van der Waals surface area contributed by atoms with E-state index < -0.39 is 0 Å². The molecule has 3 heteroatoms. The maximum absolute atomic E-state index is 4.96. The van der Waals surface area contributed by atoms with Crippen molar-refractivity contribution in [1.29, 1.82) is 0 Å². The van der Waals surface area contributed by atoms with Gasteiger partial charge in [0.1, 0.15) is 0 Å². The van der Waals surface area contributed by atoms with E-state index in [0.717, 1.165) is 25.4 Å². The summed E-state index contributed by atoms with van der Waals surface area (Å²) < 4.78 is 0. The topological polar surface area (TPSA) is 18.8 Å². The van der Waals surface area contributed by atoms with Crippen LogP contribution < -0.4 is 0 Å². The zero-order valence-electron chi connectivity index (χ0n) is 15.0. The van der Waals surface area contributed by atoms with Gasteiger partial charge in [-0.05, 0) is 31.2 Å². The van der Waals surface area contributed by atoms with Crippen molar-refractivity contribution in [2.45, 2.75) is 64.0 Å². The highest BCUT2D eigenvalue weighted by Gasteiger charge is 2.41. The molecule has 1 saturated carbocycles. The van der Waals surface area contributed by atoms with Gasteiger partial charge in [0.2, 0.25) is 0 Å². The second-order valence-electron chi connectivity index (χ2n) is 7.82. The van der Waals surface area contributed by atoms with Gasteiger partial charge in [-0.15, -0.1) is 0 Å². The summed E-state index contributed by atoms with van der Waals surface area (Å²) in [5.74, 6) is 2.24. The minimum absolute atomic E-state index is 0.588. The van der Waals surface area contributed by atoms with Crippen LogP contribution in [0.1, 0.15) is 51.0 Å². The lowest BCUT2D eigenvalue weighted by molar-refractivity contribution is 0.248. The van der Waals surface area contributed by atoms with Gasteiger partial charge in [-0.3, -0.25) is 4.99 Å². The van der Waals surface area contributed by atoms with Gasteiger partial charge in [-0.2, -0.15) is 0 Å². The number of aliphatic imine (C=N–C) groups is 1. The fourth-order valence-electron chi connectivity index (χ4n) is 4.99. The van der Waals surface area contributed by atoms with E-state index in [9.17, 15) is 0 Å². The fraction of sp³-hybridized carbons (Fsp3) is 0.667. The van der Waals surface area contributed by atoms with Gasteiger partial charge in [-0.25, -0.2) is 0 Å². The molecule has 2 atom stereocenters. The van der Waals surface area contributed by atoms with Crippen LogP contribution in [-0.4, -0.2) is 47.5 Å². The van der Waals surface area contributed by atoms with Gasteiger partial charge in [0.05, 0.1) is 18.6 Å². The van der Waals surface area contributed by atoms with E-state index in [1.807, 2.05) is 0 Å². The Morgan fingerprint density at radius 1 is 1.04 bits per heavy atom. The molecule has 1 aromatic rings. The van der Waals surface area contributed by atoms with Crippen molar-refractivity contribution >= 4 is 5.96 Å². The van der Waals surface area contributed by atoms with Crippen molar-refractivity contribution in [1.82, 2.24) is 9.80 Å². The number of hydrogen-bond donors (Lipinski definition) is 0.